The molecule has 0 spiro atoms. The van der Waals surface area contributed by atoms with E-state index in [1.165, 1.54) is 11.1 Å². The molecule has 0 aliphatic heterocycles. The zero-order valence-electron chi connectivity index (χ0n) is 18.5. The Labute approximate surface area is 178 Å². The highest BCUT2D eigenvalue weighted by atomic mass is 15.3. The first-order chi connectivity index (χ1) is 14.4. The number of aliphatic imine (C=N–C) groups is 1. The van der Waals surface area contributed by atoms with E-state index in [4.69, 9.17) is 0 Å². The quantitative estimate of drug-likeness (QED) is 0.316. The number of nitrogens with one attached hydrogen (secondary N) is 3. The van der Waals surface area contributed by atoms with Gasteiger partial charge < -0.3 is 16.0 Å². The number of guanidine groups is 1. The molecule has 0 atom stereocenters. The standard InChI is InChI=1S/C22H32N8/c1-22(2,3)17-8-6-16(7-9-17)10-11-25-21(23-4)26-13-12-24-19-18-14-29-30(5)20(18)28-15-27-19/h6-9,14-15H,10-13H2,1-5H3,(H2,23,25,26)(H,24,27,28). The van der Waals surface area contributed by atoms with E-state index in [0.717, 1.165) is 35.8 Å². The number of benzene rings is 1. The molecule has 160 valence electrons. The maximum Gasteiger partial charge on any atom is 0.191 e. The Hall–Kier alpha value is -3.16. The van der Waals surface area contributed by atoms with Crippen LogP contribution in [0.5, 0.6) is 0 Å². The topological polar surface area (TPSA) is 92.1 Å². The summed E-state index contributed by atoms with van der Waals surface area (Å²) in [7, 11) is 3.65. The van der Waals surface area contributed by atoms with Crippen LogP contribution < -0.4 is 16.0 Å². The van der Waals surface area contributed by atoms with Gasteiger partial charge in [0.2, 0.25) is 0 Å². The number of nitrogens with zero attached hydrogens (tertiary/aromatic N) is 5. The molecular weight excluding hydrogens is 376 g/mol. The van der Waals surface area contributed by atoms with Crippen LogP contribution in [0.2, 0.25) is 0 Å². The monoisotopic (exact) mass is 408 g/mol. The molecule has 3 rings (SSSR count). The lowest BCUT2D eigenvalue weighted by Crippen LogP contribution is -2.40. The number of fused-ring (bicyclic) bond motifs is 1. The molecule has 0 bridgehead atoms. The van der Waals surface area contributed by atoms with Crippen molar-refractivity contribution in [2.24, 2.45) is 12.0 Å². The Morgan fingerprint density at radius 3 is 2.47 bits per heavy atom. The summed E-state index contributed by atoms with van der Waals surface area (Å²) < 4.78 is 1.74. The van der Waals surface area contributed by atoms with E-state index in [9.17, 15) is 0 Å². The zero-order valence-corrected chi connectivity index (χ0v) is 18.5. The van der Waals surface area contributed by atoms with Crippen LogP contribution in [-0.2, 0) is 18.9 Å². The van der Waals surface area contributed by atoms with Crippen LogP contribution in [0.25, 0.3) is 11.0 Å². The molecule has 2 heterocycles. The van der Waals surface area contributed by atoms with Crippen LogP contribution in [0, 0.1) is 0 Å². The van der Waals surface area contributed by atoms with E-state index in [0.29, 0.717) is 13.1 Å². The number of anilines is 1. The first kappa shape index (κ1) is 21.5. The van der Waals surface area contributed by atoms with Crippen LogP contribution >= 0.6 is 0 Å². The van der Waals surface area contributed by atoms with Crippen LogP contribution in [0.3, 0.4) is 0 Å². The lowest BCUT2D eigenvalue weighted by atomic mass is 9.86. The van der Waals surface area contributed by atoms with E-state index < -0.39 is 0 Å². The fraction of sp³-hybridized carbons (Fsp3) is 0.455. The number of hydrogen-bond acceptors (Lipinski definition) is 5. The Morgan fingerprint density at radius 1 is 1.03 bits per heavy atom. The molecule has 0 fully saturated rings. The summed E-state index contributed by atoms with van der Waals surface area (Å²) in [5.41, 5.74) is 3.67. The Bertz CT molecular complexity index is 983. The molecule has 1 aromatic carbocycles. The number of aryl methyl sites for hydroxylation is 1. The van der Waals surface area contributed by atoms with E-state index in [-0.39, 0.29) is 5.41 Å². The van der Waals surface area contributed by atoms with Crippen molar-refractivity contribution in [2.75, 3.05) is 32.0 Å². The summed E-state index contributed by atoms with van der Waals surface area (Å²) in [6.45, 7) is 8.94. The fourth-order valence-corrected chi connectivity index (χ4v) is 3.18. The summed E-state index contributed by atoms with van der Waals surface area (Å²) in [4.78, 5) is 12.9. The fourth-order valence-electron chi connectivity index (χ4n) is 3.18. The average molecular weight is 409 g/mol. The lowest BCUT2D eigenvalue weighted by Gasteiger charge is -2.19. The molecule has 0 amide bonds. The van der Waals surface area contributed by atoms with Crippen molar-refractivity contribution in [2.45, 2.75) is 32.6 Å². The van der Waals surface area contributed by atoms with Gasteiger partial charge in [-0.25, -0.2) is 9.97 Å². The van der Waals surface area contributed by atoms with Crippen molar-refractivity contribution >= 4 is 22.8 Å². The van der Waals surface area contributed by atoms with Crippen LogP contribution in [0.15, 0.2) is 41.8 Å². The Kier molecular flexibility index (Phi) is 6.87. The molecule has 8 heteroatoms. The highest BCUT2D eigenvalue weighted by molar-refractivity contribution is 5.86. The molecule has 3 aromatic rings. The third-order valence-electron chi connectivity index (χ3n) is 4.99. The largest absolute Gasteiger partial charge is 0.368 e. The first-order valence-corrected chi connectivity index (χ1v) is 10.3. The smallest absolute Gasteiger partial charge is 0.191 e. The van der Waals surface area contributed by atoms with E-state index in [1.807, 2.05) is 7.05 Å². The van der Waals surface area contributed by atoms with E-state index in [1.54, 1.807) is 24.3 Å². The Morgan fingerprint density at radius 2 is 1.77 bits per heavy atom. The molecule has 0 radical (unpaired) electrons. The summed E-state index contributed by atoms with van der Waals surface area (Å²) >= 11 is 0. The summed E-state index contributed by atoms with van der Waals surface area (Å²) in [6, 6.07) is 8.87. The molecular formula is C22H32N8. The predicted octanol–water partition coefficient (Wildman–Crippen LogP) is 2.48. The summed E-state index contributed by atoms with van der Waals surface area (Å²) in [5, 5.41) is 15.2. The van der Waals surface area contributed by atoms with E-state index in [2.05, 4.69) is 81.0 Å². The normalized spacial score (nSPS) is 12.2. The molecule has 2 aromatic heterocycles. The van der Waals surface area contributed by atoms with Crippen molar-refractivity contribution in [3.8, 4) is 0 Å². The third-order valence-corrected chi connectivity index (χ3v) is 4.99. The molecule has 0 aliphatic rings. The van der Waals surface area contributed by atoms with Crippen molar-refractivity contribution in [1.29, 1.82) is 0 Å². The minimum Gasteiger partial charge on any atom is -0.368 e. The van der Waals surface area contributed by atoms with Gasteiger partial charge in [-0.15, -0.1) is 0 Å². The average Bonchev–Trinajstić information content (AvgIpc) is 3.11. The molecule has 0 saturated carbocycles. The van der Waals surface area contributed by atoms with Crippen molar-refractivity contribution in [3.05, 3.63) is 47.9 Å². The van der Waals surface area contributed by atoms with Crippen molar-refractivity contribution in [1.82, 2.24) is 30.4 Å². The van der Waals surface area contributed by atoms with Gasteiger partial charge in [-0.3, -0.25) is 9.67 Å². The second-order valence-corrected chi connectivity index (χ2v) is 8.28. The maximum atomic E-state index is 4.31. The van der Waals surface area contributed by atoms with E-state index >= 15 is 0 Å². The van der Waals surface area contributed by atoms with Gasteiger partial charge in [0, 0.05) is 33.7 Å². The second kappa shape index (κ2) is 9.56. The SMILES string of the molecule is CN=C(NCCNc1ncnc2c1cnn2C)NCCc1ccc(C(C)(C)C)cc1. The predicted molar refractivity (Wildman–Crippen MR) is 123 cm³/mol. The van der Waals surface area contributed by atoms with Gasteiger partial charge in [-0.1, -0.05) is 45.0 Å². The maximum absolute atomic E-state index is 4.31. The van der Waals surface area contributed by atoms with Crippen molar-refractivity contribution < 1.29 is 0 Å². The van der Waals surface area contributed by atoms with Crippen LogP contribution in [0.1, 0.15) is 31.9 Å². The number of rotatable bonds is 7. The summed E-state index contributed by atoms with van der Waals surface area (Å²) in [6.07, 6.45) is 4.27. The lowest BCUT2D eigenvalue weighted by molar-refractivity contribution is 0.590. The highest BCUT2D eigenvalue weighted by Gasteiger charge is 2.12. The number of hydrogen-bond donors (Lipinski definition) is 3. The summed E-state index contributed by atoms with van der Waals surface area (Å²) in [5.74, 6) is 1.58. The molecule has 0 aliphatic carbocycles. The van der Waals surface area contributed by atoms with Gasteiger partial charge in [0.25, 0.3) is 0 Å². The molecule has 3 N–H and O–H groups in total. The minimum atomic E-state index is 0.186. The van der Waals surface area contributed by atoms with Gasteiger partial charge in [-0.05, 0) is 23.0 Å². The number of aromatic nitrogens is 4. The first-order valence-electron chi connectivity index (χ1n) is 10.3. The Balaban J connectivity index is 1.40. The zero-order chi connectivity index (χ0) is 21.6. The van der Waals surface area contributed by atoms with Crippen LogP contribution in [-0.4, -0.2) is 52.4 Å². The van der Waals surface area contributed by atoms with Gasteiger partial charge in [0.1, 0.15) is 12.1 Å². The third kappa shape index (κ3) is 5.46. The van der Waals surface area contributed by atoms with Gasteiger partial charge in [0.05, 0.1) is 11.6 Å². The van der Waals surface area contributed by atoms with Gasteiger partial charge in [-0.2, -0.15) is 5.10 Å². The highest BCUT2D eigenvalue weighted by Crippen LogP contribution is 2.22. The molecule has 30 heavy (non-hydrogen) atoms. The minimum absolute atomic E-state index is 0.186. The van der Waals surface area contributed by atoms with Crippen LogP contribution in [0.4, 0.5) is 5.82 Å². The van der Waals surface area contributed by atoms with Gasteiger partial charge >= 0.3 is 0 Å². The molecule has 0 saturated heterocycles. The van der Waals surface area contributed by atoms with Gasteiger partial charge in [0.15, 0.2) is 11.6 Å². The second-order valence-electron chi connectivity index (χ2n) is 8.28. The molecule has 8 nitrogen and oxygen atoms in total. The van der Waals surface area contributed by atoms with Crippen molar-refractivity contribution in [3.63, 3.8) is 0 Å². The molecule has 0 unspecified atom stereocenters.